The molecule has 0 bridgehead atoms. The Bertz CT molecular complexity index is 108. The van der Waals surface area contributed by atoms with E-state index in [0.717, 1.165) is 6.61 Å². The van der Waals surface area contributed by atoms with Crippen molar-refractivity contribution in [3.05, 3.63) is 0 Å². The molecular formula is C9H21NO2. The summed E-state index contributed by atoms with van der Waals surface area (Å²) in [4.78, 5) is 0. The monoisotopic (exact) mass is 175 g/mol. The first-order valence-corrected chi connectivity index (χ1v) is 4.37. The van der Waals surface area contributed by atoms with Crippen LogP contribution in [0.15, 0.2) is 0 Å². The third-order valence-electron chi connectivity index (χ3n) is 1.14. The molecule has 1 unspecified atom stereocenters. The molecule has 0 aliphatic rings. The summed E-state index contributed by atoms with van der Waals surface area (Å²) in [6.07, 6.45) is -0.191. The minimum absolute atomic E-state index is 0.191. The van der Waals surface area contributed by atoms with Crippen LogP contribution in [0.2, 0.25) is 0 Å². The lowest BCUT2D eigenvalue weighted by atomic mass is 9.99. The highest BCUT2D eigenvalue weighted by Gasteiger charge is 2.09. The van der Waals surface area contributed by atoms with E-state index in [4.69, 9.17) is 15.2 Å². The molecule has 0 aliphatic carbocycles. The van der Waals surface area contributed by atoms with Gasteiger partial charge < -0.3 is 15.2 Å². The summed E-state index contributed by atoms with van der Waals surface area (Å²) < 4.78 is 10.5. The lowest BCUT2D eigenvalue weighted by molar-refractivity contribution is -0.00344. The van der Waals surface area contributed by atoms with Crippen molar-refractivity contribution in [3.8, 4) is 0 Å². The molecule has 0 saturated carbocycles. The minimum atomic E-state index is -0.191. The smallest absolute Gasteiger partial charge is 0.102 e. The van der Waals surface area contributed by atoms with Crippen LogP contribution in [0.3, 0.4) is 0 Å². The maximum absolute atomic E-state index is 5.38. The summed E-state index contributed by atoms with van der Waals surface area (Å²) in [7, 11) is 0. The Kier molecular flexibility index (Phi) is 5.46. The third-order valence-corrected chi connectivity index (χ3v) is 1.14. The molecule has 3 heteroatoms. The van der Waals surface area contributed by atoms with Gasteiger partial charge in [0.15, 0.2) is 0 Å². The maximum Gasteiger partial charge on any atom is 0.102 e. The summed E-state index contributed by atoms with van der Waals surface area (Å²) in [5.41, 5.74) is 5.61. The molecule has 3 nitrogen and oxygen atoms in total. The van der Waals surface area contributed by atoms with E-state index < -0.39 is 0 Å². The van der Waals surface area contributed by atoms with E-state index in [0.29, 0.717) is 13.2 Å². The summed E-state index contributed by atoms with van der Waals surface area (Å²) in [5, 5.41) is 0. The summed E-state index contributed by atoms with van der Waals surface area (Å²) in [6, 6.07) is 0. The fraction of sp³-hybridized carbons (Fsp3) is 1.00. The predicted octanol–water partition coefficient (Wildman–Crippen LogP) is 1.37. The Morgan fingerprint density at radius 1 is 1.25 bits per heavy atom. The molecule has 1 atom stereocenters. The first-order chi connectivity index (χ1) is 5.42. The quantitative estimate of drug-likeness (QED) is 0.507. The van der Waals surface area contributed by atoms with E-state index in [1.54, 1.807) is 0 Å². The zero-order valence-corrected chi connectivity index (χ0v) is 8.59. The first kappa shape index (κ1) is 11.9. The van der Waals surface area contributed by atoms with E-state index >= 15 is 0 Å². The predicted molar refractivity (Wildman–Crippen MR) is 49.9 cm³/mol. The van der Waals surface area contributed by atoms with Crippen LogP contribution in [-0.4, -0.2) is 26.0 Å². The van der Waals surface area contributed by atoms with Crippen molar-refractivity contribution in [3.63, 3.8) is 0 Å². The van der Waals surface area contributed by atoms with Crippen molar-refractivity contribution >= 4 is 0 Å². The molecule has 0 radical (unpaired) electrons. The summed E-state index contributed by atoms with van der Waals surface area (Å²) >= 11 is 0. The number of hydrogen-bond acceptors (Lipinski definition) is 3. The molecule has 0 rings (SSSR count). The van der Waals surface area contributed by atoms with Gasteiger partial charge in [-0.2, -0.15) is 0 Å². The van der Waals surface area contributed by atoms with E-state index in [2.05, 4.69) is 20.8 Å². The van der Waals surface area contributed by atoms with Gasteiger partial charge in [0.05, 0.1) is 19.8 Å². The van der Waals surface area contributed by atoms with Gasteiger partial charge in [-0.25, -0.2) is 0 Å². The summed E-state index contributed by atoms with van der Waals surface area (Å²) in [6.45, 7) is 10.2. The second-order valence-electron chi connectivity index (χ2n) is 4.19. The van der Waals surface area contributed by atoms with Crippen LogP contribution in [-0.2, 0) is 9.47 Å². The van der Waals surface area contributed by atoms with Crippen LogP contribution in [0.5, 0.6) is 0 Å². The van der Waals surface area contributed by atoms with Gasteiger partial charge in [0.1, 0.15) is 6.23 Å². The fourth-order valence-corrected chi connectivity index (χ4v) is 0.671. The Labute approximate surface area is 75.2 Å². The van der Waals surface area contributed by atoms with Crippen molar-refractivity contribution in [1.29, 1.82) is 0 Å². The second kappa shape index (κ2) is 5.51. The van der Waals surface area contributed by atoms with Crippen LogP contribution in [0.1, 0.15) is 27.7 Å². The number of nitrogens with two attached hydrogens (primary N) is 1. The highest BCUT2D eigenvalue weighted by atomic mass is 16.5. The first-order valence-electron chi connectivity index (χ1n) is 4.37. The fourth-order valence-electron chi connectivity index (χ4n) is 0.671. The normalized spacial score (nSPS) is 14.8. The highest BCUT2D eigenvalue weighted by Crippen LogP contribution is 2.12. The van der Waals surface area contributed by atoms with Crippen molar-refractivity contribution in [1.82, 2.24) is 0 Å². The Morgan fingerprint density at radius 2 is 1.83 bits per heavy atom. The van der Waals surface area contributed by atoms with E-state index in [1.165, 1.54) is 0 Å². The van der Waals surface area contributed by atoms with E-state index in [9.17, 15) is 0 Å². The highest BCUT2D eigenvalue weighted by molar-refractivity contribution is 4.58. The molecule has 0 aromatic heterocycles. The topological polar surface area (TPSA) is 44.5 Å². The number of ether oxygens (including phenoxy) is 2. The average molecular weight is 175 g/mol. The Hall–Kier alpha value is -0.120. The van der Waals surface area contributed by atoms with Crippen LogP contribution in [0.4, 0.5) is 0 Å². The van der Waals surface area contributed by atoms with Crippen molar-refractivity contribution in [2.45, 2.75) is 33.9 Å². The van der Waals surface area contributed by atoms with Crippen LogP contribution in [0, 0.1) is 5.41 Å². The SMILES string of the molecule is CC(N)OCCOCC(C)(C)C. The zero-order chi connectivity index (χ0) is 9.61. The Balaban J connectivity index is 3.12. The molecular weight excluding hydrogens is 154 g/mol. The van der Waals surface area contributed by atoms with Gasteiger partial charge in [-0.15, -0.1) is 0 Å². The van der Waals surface area contributed by atoms with Crippen molar-refractivity contribution in [2.24, 2.45) is 11.1 Å². The van der Waals surface area contributed by atoms with Gasteiger partial charge in [0.2, 0.25) is 0 Å². The van der Waals surface area contributed by atoms with Crippen LogP contribution >= 0.6 is 0 Å². The standard InChI is InChI=1S/C9H21NO2/c1-8(10)12-6-5-11-7-9(2,3)4/h8H,5-7,10H2,1-4H3. The lowest BCUT2D eigenvalue weighted by Gasteiger charge is -2.18. The van der Waals surface area contributed by atoms with Crippen molar-refractivity contribution < 1.29 is 9.47 Å². The molecule has 0 aromatic carbocycles. The molecule has 2 N–H and O–H groups in total. The van der Waals surface area contributed by atoms with Gasteiger partial charge in [0, 0.05) is 0 Å². The molecule has 0 aromatic rings. The van der Waals surface area contributed by atoms with Crippen LogP contribution in [0.25, 0.3) is 0 Å². The summed E-state index contributed by atoms with van der Waals surface area (Å²) in [5.74, 6) is 0. The van der Waals surface area contributed by atoms with Gasteiger partial charge in [-0.05, 0) is 12.3 Å². The van der Waals surface area contributed by atoms with Gasteiger partial charge in [0.25, 0.3) is 0 Å². The largest absolute Gasteiger partial charge is 0.379 e. The van der Waals surface area contributed by atoms with Crippen molar-refractivity contribution in [2.75, 3.05) is 19.8 Å². The molecule has 0 saturated heterocycles. The zero-order valence-electron chi connectivity index (χ0n) is 8.59. The van der Waals surface area contributed by atoms with E-state index in [-0.39, 0.29) is 11.6 Å². The Morgan fingerprint density at radius 3 is 2.25 bits per heavy atom. The van der Waals surface area contributed by atoms with E-state index in [1.807, 2.05) is 6.92 Å². The number of hydrogen-bond donors (Lipinski definition) is 1. The lowest BCUT2D eigenvalue weighted by Crippen LogP contribution is -2.23. The molecule has 0 amide bonds. The maximum atomic E-state index is 5.38. The third kappa shape index (κ3) is 9.88. The molecule has 0 heterocycles. The molecule has 74 valence electrons. The molecule has 0 spiro atoms. The van der Waals surface area contributed by atoms with Crippen LogP contribution < -0.4 is 5.73 Å². The van der Waals surface area contributed by atoms with Gasteiger partial charge in [-0.1, -0.05) is 20.8 Å². The number of rotatable bonds is 5. The van der Waals surface area contributed by atoms with Gasteiger partial charge in [-0.3, -0.25) is 0 Å². The average Bonchev–Trinajstić information content (AvgIpc) is 1.83. The molecule has 12 heavy (non-hydrogen) atoms. The molecule has 0 fully saturated rings. The second-order valence-corrected chi connectivity index (χ2v) is 4.19. The minimum Gasteiger partial charge on any atom is -0.379 e. The van der Waals surface area contributed by atoms with Gasteiger partial charge >= 0.3 is 0 Å². The molecule has 0 aliphatic heterocycles.